The van der Waals surface area contributed by atoms with Gasteiger partial charge in [-0.05, 0) is 37.2 Å². The minimum absolute atomic E-state index is 0.105. The van der Waals surface area contributed by atoms with E-state index in [4.69, 9.17) is 0 Å². The van der Waals surface area contributed by atoms with E-state index in [1.54, 1.807) is 11.3 Å². The van der Waals surface area contributed by atoms with Crippen LogP contribution in [0.3, 0.4) is 0 Å². The molecule has 0 radical (unpaired) electrons. The molecule has 10 heteroatoms. The van der Waals surface area contributed by atoms with Crippen LogP contribution in [0.2, 0.25) is 0 Å². The largest absolute Gasteiger partial charge is 0.301 e. The molecule has 0 spiro atoms. The lowest BCUT2D eigenvalue weighted by atomic mass is 9.89. The molecule has 27 heavy (non-hydrogen) atoms. The van der Waals surface area contributed by atoms with Crippen LogP contribution < -0.4 is 10.9 Å². The van der Waals surface area contributed by atoms with Crippen LogP contribution in [-0.2, 0) is 24.1 Å². The van der Waals surface area contributed by atoms with Gasteiger partial charge in [0.1, 0.15) is 9.84 Å². The van der Waals surface area contributed by atoms with E-state index in [9.17, 15) is 9.59 Å². The van der Waals surface area contributed by atoms with Crippen molar-refractivity contribution in [1.82, 2.24) is 20.2 Å². The fraction of sp³-hybridized carbons (Fsp3) is 0.471. The highest BCUT2D eigenvalue weighted by molar-refractivity contribution is 7.99. The summed E-state index contributed by atoms with van der Waals surface area (Å²) in [6.07, 6.45) is 3.86. The number of aromatic nitrogens is 4. The van der Waals surface area contributed by atoms with Gasteiger partial charge in [0.05, 0.1) is 11.1 Å². The number of hydrogen-bond donors (Lipinski definition) is 2. The fourth-order valence-corrected chi connectivity index (χ4v) is 5.93. The molecular weight excluding hydrogens is 402 g/mol. The first kappa shape index (κ1) is 18.6. The number of carbonyl (C=O) groups is 1. The van der Waals surface area contributed by atoms with Crippen LogP contribution in [0.5, 0.6) is 0 Å². The van der Waals surface area contributed by atoms with Gasteiger partial charge in [-0.2, -0.15) is 0 Å². The molecule has 0 aromatic carbocycles. The molecule has 4 rings (SSSR count). The normalized spacial score (nSPS) is 16.4. The number of nitrogens with one attached hydrogen (secondary N) is 2. The molecule has 0 bridgehead atoms. The van der Waals surface area contributed by atoms with Crippen molar-refractivity contribution in [3.63, 3.8) is 0 Å². The van der Waals surface area contributed by atoms with Gasteiger partial charge in [0, 0.05) is 4.88 Å². The average molecular weight is 422 g/mol. The van der Waals surface area contributed by atoms with Crippen molar-refractivity contribution >= 4 is 55.7 Å². The minimum atomic E-state index is -0.194. The monoisotopic (exact) mass is 421 g/mol. The summed E-state index contributed by atoms with van der Waals surface area (Å²) in [5, 5.41) is 13.2. The predicted octanol–water partition coefficient (Wildman–Crippen LogP) is 3.25. The van der Waals surface area contributed by atoms with Crippen molar-refractivity contribution < 1.29 is 4.79 Å². The Bertz CT molecular complexity index is 1050. The first-order valence-corrected chi connectivity index (χ1v) is 11.4. The van der Waals surface area contributed by atoms with Gasteiger partial charge in [0.2, 0.25) is 11.0 Å². The van der Waals surface area contributed by atoms with E-state index < -0.39 is 0 Å². The third kappa shape index (κ3) is 3.92. The van der Waals surface area contributed by atoms with Crippen molar-refractivity contribution in [2.75, 3.05) is 11.1 Å². The number of aromatic amines is 1. The lowest BCUT2D eigenvalue weighted by Gasteiger charge is -2.17. The molecule has 0 saturated heterocycles. The number of H-pyrrole nitrogens is 1. The maximum Gasteiger partial charge on any atom is 0.260 e. The first-order valence-electron chi connectivity index (χ1n) is 8.83. The van der Waals surface area contributed by atoms with Gasteiger partial charge in [0.15, 0.2) is 5.16 Å². The standard InChI is InChI=1S/C17H19N5O2S3/c1-3-12-21-22-17(27-12)18-11(23)7-25-16-19-14(24)13-9-5-4-8(2)6-10(9)26-15(13)20-16/h8H,3-7H2,1-2H3,(H,18,22,23)(H,19,20,24)/t8-/m1/s1. The summed E-state index contributed by atoms with van der Waals surface area (Å²) in [7, 11) is 0. The zero-order chi connectivity index (χ0) is 19.0. The summed E-state index contributed by atoms with van der Waals surface area (Å²) in [5.41, 5.74) is 1.06. The summed E-state index contributed by atoms with van der Waals surface area (Å²) >= 11 is 4.20. The Hall–Kier alpha value is -1.78. The highest BCUT2D eigenvalue weighted by Gasteiger charge is 2.23. The summed E-state index contributed by atoms with van der Waals surface area (Å²) in [4.78, 5) is 34.2. The van der Waals surface area contributed by atoms with E-state index in [1.165, 1.54) is 33.5 Å². The van der Waals surface area contributed by atoms with E-state index in [0.29, 0.717) is 16.2 Å². The number of anilines is 1. The van der Waals surface area contributed by atoms with Crippen molar-refractivity contribution in [3.05, 3.63) is 25.8 Å². The Balaban J connectivity index is 1.47. The maximum absolute atomic E-state index is 12.6. The number of thioether (sulfide) groups is 1. The summed E-state index contributed by atoms with van der Waals surface area (Å²) in [6, 6.07) is 0. The summed E-state index contributed by atoms with van der Waals surface area (Å²) < 4.78 is 0. The predicted molar refractivity (Wildman–Crippen MR) is 110 cm³/mol. The van der Waals surface area contributed by atoms with Crippen molar-refractivity contribution in [3.8, 4) is 0 Å². The number of fused-ring (bicyclic) bond motifs is 3. The number of rotatable bonds is 5. The Kier molecular flexibility index (Phi) is 5.29. The van der Waals surface area contributed by atoms with Gasteiger partial charge in [-0.25, -0.2) is 4.98 Å². The molecule has 142 valence electrons. The molecule has 0 fully saturated rings. The van der Waals surface area contributed by atoms with Crippen LogP contribution in [0.15, 0.2) is 9.95 Å². The van der Waals surface area contributed by atoms with Gasteiger partial charge >= 0.3 is 0 Å². The Morgan fingerprint density at radius 1 is 1.37 bits per heavy atom. The zero-order valence-corrected chi connectivity index (χ0v) is 17.4. The topological polar surface area (TPSA) is 101 Å². The minimum Gasteiger partial charge on any atom is -0.301 e. The molecule has 7 nitrogen and oxygen atoms in total. The Labute approximate surface area is 168 Å². The first-order chi connectivity index (χ1) is 13.0. The number of aryl methyl sites for hydroxylation is 2. The second kappa shape index (κ2) is 7.69. The number of thiophene rings is 1. The highest BCUT2D eigenvalue weighted by Crippen LogP contribution is 2.36. The van der Waals surface area contributed by atoms with Crippen LogP contribution in [-0.4, -0.2) is 31.8 Å². The molecule has 1 aliphatic carbocycles. The molecule has 3 aromatic heterocycles. The quantitative estimate of drug-likeness (QED) is 0.484. The highest BCUT2D eigenvalue weighted by atomic mass is 32.2. The molecule has 3 aromatic rings. The van der Waals surface area contributed by atoms with Gasteiger partial charge in [-0.3, -0.25) is 14.9 Å². The van der Waals surface area contributed by atoms with Crippen molar-refractivity contribution in [2.45, 2.75) is 44.7 Å². The van der Waals surface area contributed by atoms with Crippen molar-refractivity contribution in [1.29, 1.82) is 0 Å². The van der Waals surface area contributed by atoms with E-state index >= 15 is 0 Å². The van der Waals surface area contributed by atoms with E-state index in [0.717, 1.165) is 40.9 Å². The van der Waals surface area contributed by atoms with E-state index in [1.807, 2.05) is 6.92 Å². The van der Waals surface area contributed by atoms with Gasteiger partial charge in [0.25, 0.3) is 5.56 Å². The summed E-state index contributed by atoms with van der Waals surface area (Å²) in [5.74, 6) is 0.606. The van der Waals surface area contributed by atoms with Gasteiger partial charge in [-0.1, -0.05) is 36.9 Å². The number of amides is 1. The van der Waals surface area contributed by atoms with Crippen LogP contribution in [0.4, 0.5) is 5.13 Å². The van der Waals surface area contributed by atoms with E-state index in [-0.39, 0.29) is 17.2 Å². The lowest BCUT2D eigenvalue weighted by molar-refractivity contribution is -0.113. The SMILES string of the molecule is CCc1nnc(NC(=O)CSc2nc3sc4c(c3c(=O)[nH]2)CC[C@@H](C)C4)s1. The smallest absolute Gasteiger partial charge is 0.260 e. The molecule has 1 aliphatic rings. The average Bonchev–Trinajstić information content (AvgIpc) is 3.23. The molecule has 1 atom stereocenters. The molecule has 1 amide bonds. The zero-order valence-electron chi connectivity index (χ0n) is 15.0. The fourth-order valence-electron chi connectivity index (χ4n) is 3.13. The second-order valence-corrected chi connectivity index (χ2v) is 9.70. The van der Waals surface area contributed by atoms with E-state index in [2.05, 4.69) is 32.4 Å². The number of hydrogen-bond acceptors (Lipinski definition) is 8. The Morgan fingerprint density at radius 2 is 2.22 bits per heavy atom. The third-order valence-corrected chi connectivity index (χ3v) is 7.50. The summed E-state index contributed by atoms with van der Waals surface area (Å²) in [6.45, 7) is 4.23. The molecule has 0 aliphatic heterocycles. The van der Waals surface area contributed by atoms with Gasteiger partial charge < -0.3 is 4.98 Å². The van der Waals surface area contributed by atoms with Gasteiger partial charge in [-0.15, -0.1) is 21.5 Å². The molecule has 0 unspecified atom stereocenters. The second-order valence-electron chi connectivity index (χ2n) is 6.59. The van der Waals surface area contributed by atoms with Crippen LogP contribution in [0, 0.1) is 5.92 Å². The number of carbonyl (C=O) groups excluding carboxylic acids is 1. The van der Waals surface area contributed by atoms with Crippen molar-refractivity contribution in [2.24, 2.45) is 5.92 Å². The molecule has 0 saturated carbocycles. The van der Waals surface area contributed by atoms with Crippen LogP contribution >= 0.6 is 34.4 Å². The third-order valence-electron chi connectivity index (χ3n) is 4.50. The lowest BCUT2D eigenvalue weighted by Crippen LogP contribution is -2.16. The molecule has 2 N–H and O–H groups in total. The molecular formula is C17H19N5O2S3. The van der Waals surface area contributed by atoms with Crippen LogP contribution in [0.1, 0.15) is 35.7 Å². The maximum atomic E-state index is 12.6. The molecule has 3 heterocycles. The van der Waals surface area contributed by atoms with Crippen LogP contribution in [0.25, 0.3) is 10.2 Å². The Morgan fingerprint density at radius 3 is 3.00 bits per heavy atom. The number of nitrogens with zero attached hydrogens (tertiary/aromatic N) is 3.